The van der Waals surface area contributed by atoms with Crippen molar-refractivity contribution in [2.45, 2.75) is 58.5 Å². The number of hydrogen-bond acceptors (Lipinski definition) is 3. The van der Waals surface area contributed by atoms with Crippen molar-refractivity contribution in [3.63, 3.8) is 0 Å². The maximum atomic E-state index is 8.60. The van der Waals surface area contributed by atoms with E-state index >= 15 is 0 Å². The molecule has 1 aliphatic rings. The van der Waals surface area contributed by atoms with E-state index < -0.39 is 0 Å². The third-order valence-corrected chi connectivity index (χ3v) is 4.47. The van der Waals surface area contributed by atoms with E-state index in [-0.39, 0.29) is 0 Å². The van der Waals surface area contributed by atoms with Crippen LogP contribution in [0.1, 0.15) is 46.5 Å². The van der Waals surface area contributed by atoms with E-state index in [1.165, 1.54) is 19.3 Å². The van der Waals surface area contributed by atoms with Gasteiger partial charge in [0, 0.05) is 18.5 Å². The van der Waals surface area contributed by atoms with Crippen LogP contribution in [0.4, 0.5) is 0 Å². The lowest BCUT2D eigenvalue weighted by Gasteiger charge is -2.40. The normalized spacial score (nSPS) is 32.8. The second kappa shape index (κ2) is 6.24. The van der Waals surface area contributed by atoms with Crippen molar-refractivity contribution in [3.05, 3.63) is 0 Å². The van der Waals surface area contributed by atoms with E-state index in [4.69, 9.17) is 10.9 Å². The predicted octanol–water partition coefficient (Wildman–Crippen LogP) is 2.27. The molecule has 17 heavy (non-hydrogen) atoms. The molecule has 1 rings (SSSR count). The first-order chi connectivity index (χ1) is 7.95. The molecule has 4 unspecified atom stereocenters. The fraction of sp³-hybridized carbons (Fsp3) is 0.923. The van der Waals surface area contributed by atoms with E-state index in [2.05, 4.69) is 37.9 Å². The van der Waals surface area contributed by atoms with Gasteiger partial charge in [0.25, 0.3) is 0 Å². The van der Waals surface area contributed by atoms with Crippen LogP contribution in [0.25, 0.3) is 0 Å². The van der Waals surface area contributed by atoms with Crippen LogP contribution in [0.5, 0.6) is 0 Å². The standard InChI is InChI=1S/C13H27N3O/c1-9-5-6-12(7-10(9)2)16(4)11(3)8-13(14)15-17/h9-12,17H,5-8H2,1-4H3,(H2,14,15). The van der Waals surface area contributed by atoms with Crippen molar-refractivity contribution in [3.8, 4) is 0 Å². The molecule has 0 aliphatic heterocycles. The number of hydrogen-bond donors (Lipinski definition) is 2. The highest BCUT2D eigenvalue weighted by atomic mass is 16.4. The number of amidine groups is 1. The Labute approximate surface area is 105 Å². The summed E-state index contributed by atoms with van der Waals surface area (Å²) < 4.78 is 0. The van der Waals surface area contributed by atoms with Gasteiger partial charge in [0.1, 0.15) is 5.84 Å². The number of oxime groups is 1. The molecule has 0 aromatic heterocycles. The smallest absolute Gasteiger partial charge is 0.140 e. The summed E-state index contributed by atoms with van der Waals surface area (Å²) in [6, 6.07) is 0.971. The van der Waals surface area contributed by atoms with Gasteiger partial charge in [0.05, 0.1) is 0 Å². The first kappa shape index (κ1) is 14.3. The Morgan fingerprint density at radius 2 is 2.06 bits per heavy atom. The second-order valence-electron chi connectivity index (χ2n) is 5.73. The molecule has 1 aliphatic carbocycles. The average Bonchev–Trinajstić information content (AvgIpc) is 2.31. The minimum Gasteiger partial charge on any atom is -0.409 e. The van der Waals surface area contributed by atoms with Crippen molar-refractivity contribution in [1.82, 2.24) is 4.90 Å². The highest BCUT2D eigenvalue weighted by molar-refractivity contribution is 5.80. The minimum absolute atomic E-state index is 0.321. The molecular weight excluding hydrogens is 214 g/mol. The second-order valence-corrected chi connectivity index (χ2v) is 5.73. The van der Waals surface area contributed by atoms with E-state index in [9.17, 15) is 0 Å². The van der Waals surface area contributed by atoms with Gasteiger partial charge >= 0.3 is 0 Å². The zero-order chi connectivity index (χ0) is 13.0. The molecule has 0 aromatic rings. The SMILES string of the molecule is CC1CCC(N(C)C(C)C/C(N)=N/O)CC1C. The molecule has 0 saturated heterocycles. The van der Waals surface area contributed by atoms with Gasteiger partial charge in [-0.25, -0.2) is 0 Å². The molecule has 3 N–H and O–H groups in total. The summed E-state index contributed by atoms with van der Waals surface area (Å²) >= 11 is 0. The lowest BCUT2D eigenvalue weighted by Crippen LogP contribution is -2.44. The highest BCUT2D eigenvalue weighted by Gasteiger charge is 2.29. The molecular formula is C13H27N3O. The average molecular weight is 241 g/mol. The summed E-state index contributed by atoms with van der Waals surface area (Å²) in [6.07, 6.45) is 4.47. The van der Waals surface area contributed by atoms with Crippen molar-refractivity contribution < 1.29 is 5.21 Å². The van der Waals surface area contributed by atoms with Crippen molar-refractivity contribution in [2.24, 2.45) is 22.7 Å². The molecule has 0 spiro atoms. The molecule has 100 valence electrons. The number of rotatable bonds is 4. The monoisotopic (exact) mass is 241 g/mol. The summed E-state index contributed by atoms with van der Waals surface area (Å²) in [4.78, 5) is 2.39. The van der Waals surface area contributed by atoms with Gasteiger partial charge in [-0.15, -0.1) is 0 Å². The topological polar surface area (TPSA) is 61.8 Å². The molecule has 0 aromatic carbocycles. The predicted molar refractivity (Wildman–Crippen MR) is 71.2 cm³/mol. The van der Waals surface area contributed by atoms with Crippen molar-refractivity contribution >= 4 is 5.84 Å². The summed E-state index contributed by atoms with van der Waals surface area (Å²) in [5.41, 5.74) is 5.56. The molecule has 4 heteroatoms. The van der Waals surface area contributed by atoms with E-state index in [0.717, 1.165) is 11.8 Å². The third kappa shape index (κ3) is 3.87. The molecule has 0 amide bonds. The molecule has 1 fully saturated rings. The van der Waals surface area contributed by atoms with Crippen LogP contribution in [0.3, 0.4) is 0 Å². The summed E-state index contributed by atoms with van der Waals surface area (Å²) in [6.45, 7) is 6.83. The van der Waals surface area contributed by atoms with Crippen LogP contribution in [0, 0.1) is 11.8 Å². The van der Waals surface area contributed by atoms with Gasteiger partial charge in [0.15, 0.2) is 0 Å². The van der Waals surface area contributed by atoms with Gasteiger partial charge in [-0.2, -0.15) is 0 Å². The molecule has 4 nitrogen and oxygen atoms in total. The Morgan fingerprint density at radius 3 is 2.59 bits per heavy atom. The quantitative estimate of drug-likeness (QED) is 0.343. The van der Waals surface area contributed by atoms with Crippen LogP contribution in [-0.2, 0) is 0 Å². The third-order valence-electron chi connectivity index (χ3n) is 4.47. The Kier molecular flexibility index (Phi) is 5.25. The van der Waals surface area contributed by atoms with E-state index in [1.807, 2.05) is 0 Å². The van der Waals surface area contributed by atoms with Gasteiger partial charge in [-0.3, -0.25) is 0 Å². The first-order valence-corrected chi connectivity index (χ1v) is 6.64. The Morgan fingerprint density at radius 1 is 1.41 bits per heavy atom. The number of nitrogens with two attached hydrogens (primary N) is 1. The maximum Gasteiger partial charge on any atom is 0.140 e. The van der Waals surface area contributed by atoms with Crippen LogP contribution >= 0.6 is 0 Å². The molecule has 0 heterocycles. The lowest BCUT2D eigenvalue weighted by molar-refractivity contribution is 0.104. The summed E-state index contributed by atoms with van der Waals surface area (Å²) in [5.74, 6) is 1.97. The van der Waals surface area contributed by atoms with Crippen LogP contribution in [0.15, 0.2) is 5.16 Å². The minimum atomic E-state index is 0.321. The molecule has 0 bridgehead atoms. The fourth-order valence-corrected chi connectivity index (χ4v) is 2.74. The van der Waals surface area contributed by atoms with Crippen LogP contribution in [0.2, 0.25) is 0 Å². The first-order valence-electron chi connectivity index (χ1n) is 6.64. The maximum absolute atomic E-state index is 8.60. The largest absolute Gasteiger partial charge is 0.409 e. The zero-order valence-electron chi connectivity index (χ0n) is 11.6. The van der Waals surface area contributed by atoms with Crippen molar-refractivity contribution in [2.75, 3.05) is 7.05 Å². The van der Waals surface area contributed by atoms with Gasteiger partial charge in [0.2, 0.25) is 0 Å². The Balaban J connectivity index is 2.49. The Hall–Kier alpha value is -0.770. The van der Waals surface area contributed by atoms with Crippen molar-refractivity contribution in [1.29, 1.82) is 0 Å². The highest BCUT2D eigenvalue weighted by Crippen LogP contribution is 2.32. The van der Waals surface area contributed by atoms with Gasteiger partial charge in [-0.1, -0.05) is 19.0 Å². The summed E-state index contributed by atoms with van der Waals surface area (Å²) in [7, 11) is 2.16. The molecule has 4 atom stereocenters. The lowest BCUT2D eigenvalue weighted by atomic mass is 9.78. The fourth-order valence-electron chi connectivity index (χ4n) is 2.74. The number of nitrogens with zero attached hydrogens (tertiary/aromatic N) is 2. The van der Waals surface area contributed by atoms with E-state index in [1.54, 1.807) is 0 Å². The summed E-state index contributed by atoms with van der Waals surface area (Å²) in [5, 5.41) is 11.6. The Bertz CT molecular complexity index is 267. The molecule has 1 saturated carbocycles. The molecule has 0 radical (unpaired) electrons. The van der Waals surface area contributed by atoms with Crippen LogP contribution < -0.4 is 5.73 Å². The van der Waals surface area contributed by atoms with Crippen LogP contribution in [-0.4, -0.2) is 35.1 Å². The zero-order valence-corrected chi connectivity index (χ0v) is 11.6. The van der Waals surface area contributed by atoms with Gasteiger partial charge in [-0.05, 0) is 45.1 Å². The van der Waals surface area contributed by atoms with Gasteiger partial charge < -0.3 is 15.8 Å². The van der Waals surface area contributed by atoms with E-state index in [0.29, 0.717) is 24.3 Å².